The Morgan fingerprint density at radius 1 is 1.08 bits per heavy atom. The van der Waals surface area contributed by atoms with Gasteiger partial charge in [0.1, 0.15) is 10.8 Å². The van der Waals surface area contributed by atoms with Crippen LogP contribution in [0.1, 0.15) is 32.3 Å². The Kier molecular flexibility index (Phi) is 7.58. The molecule has 192 valence electrons. The van der Waals surface area contributed by atoms with Gasteiger partial charge in [0, 0.05) is 24.5 Å². The number of nitrogen functional groups attached to an aromatic ring is 1. The number of halogens is 1. The van der Waals surface area contributed by atoms with E-state index in [1.807, 2.05) is 19.1 Å². The van der Waals surface area contributed by atoms with Crippen molar-refractivity contribution >= 4 is 56.1 Å². The van der Waals surface area contributed by atoms with Crippen molar-refractivity contribution in [3.05, 3.63) is 53.1 Å². The van der Waals surface area contributed by atoms with Crippen LogP contribution in [-0.4, -0.2) is 47.9 Å². The van der Waals surface area contributed by atoms with E-state index >= 15 is 0 Å². The summed E-state index contributed by atoms with van der Waals surface area (Å²) in [7, 11) is -3.55. The average Bonchev–Trinajstić information content (AvgIpc) is 2.84. The van der Waals surface area contributed by atoms with E-state index in [0.717, 1.165) is 42.9 Å². The monoisotopic (exact) mass is 530 g/mol. The van der Waals surface area contributed by atoms with Gasteiger partial charge in [-0.15, -0.1) is 0 Å². The van der Waals surface area contributed by atoms with E-state index in [-0.39, 0.29) is 33.6 Å². The van der Waals surface area contributed by atoms with Crippen LogP contribution in [0.4, 0.5) is 34.6 Å². The molecule has 0 radical (unpaired) electrons. The lowest BCUT2D eigenvalue weighted by Gasteiger charge is -2.31. The number of hydrogen-bond acceptors (Lipinski definition) is 9. The Bertz CT molecular complexity index is 1360. The predicted molar refractivity (Wildman–Crippen MR) is 145 cm³/mol. The summed E-state index contributed by atoms with van der Waals surface area (Å²) in [4.78, 5) is 11.1. The summed E-state index contributed by atoms with van der Waals surface area (Å²) in [5.74, 6) is 0.474. The fraction of sp³-hybridized carbons (Fsp3) is 0.360. The molecule has 0 saturated carbocycles. The second-order valence-electron chi connectivity index (χ2n) is 9.15. The molecule has 36 heavy (non-hydrogen) atoms. The minimum Gasteiger partial charge on any atom is -0.393 e. The predicted octanol–water partition coefficient (Wildman–Crippen LogP) is 4.65. The molecule has 9 nitrogen and oxygen atoms in total. The van der Waals surface area contributed by atoms with Crippen LogP contribution in [0.3, 0.4) is 0 Å². The van der Waals surface area contributed by atoms with Crippen LogP contribution in [0.15, 0.2) is 47.4 Å². The number of aromatic nitrogens is 2. The number of sulfone groups is 1. The van der Waals surface area contributed by atoms with Crippen molar-refractivity contribution in [1.82, 2.24) is 9.97 Å². The van der Waals surface area contributed by atoms with E-state index in [2.05, 4.69) is 31.6 Å². The second-order valence-corrected chi connectivity index (χ2v) is 12.0. The minimum absolute atomic E-state index is 0.0574. The Morgan fingerprint density at radius 2 is 1.78 bits per heavy atom. The van der Waals surface area contributed by atoms with Crippen LogP contribution in [0.5, 0.6) is 0 Å². The molecule has 1 aromatic heterocycles. The largest absolute Gasteiger partial charge is 0.393 e. The summed E-state index contributed by atoms with van der Waals surface area (Å²) in [5.41, 5.74) is 9.29. The number of nitrogens with one attached hydrogen (secondary N) is 2. The highest BCUT2D eigenvalue weighted by Crippen LogP contribution is 2.34. The van der Waals surface area contributed by atoms with Gasteiger partial charge in [-0.05, 0) is 69.5 Å². The Hall–Kier alpha value is -3.08. The number of aliphatic hydroxyl groups is 1. The third-order valence-electron chi connectivity index (χ3n) is 6.23. The van der Waals surface area contributed by atoms with Crippen molar-refractivity contribution in [2.24, 2.45) is 0 Å². The molecule has 5 N–H and O–H groups in total. The van der Waals surface area contributed by atoms with Crippen LogP contribution in [-0.2, 0) is 9.84 Å². The molecule has 11 heteroatoms. The van der Waals surface area contributed by atoms with E-state index in [1.165, 1.54) is 0 Å². The molecule has 2 heterocycles. The fourth-order valence-electron chi connectivity index (χ4n) is 4.03. The Balaban J connectivity index is 1.60. The van der Waals surface area contributed by atoms with E-state index in [4.69, 9.17) is 17.3 Å². The number of para-hydroxylation sites is 1. The first-order chi connectivity index (χ1) is 17.1. The second kappa shape index (κ2) is 10.5. The fourth-order valence-corrected chi connectivity index (χ4v) is 5.37. The van der Waals surface area contributed by atoms with Gasteiger partial charge in [0.25, 0.3) is 0 Å². The molecule has 1 saturated heterocycles. The number of aryl methyl sites for hydroxylation is 1. The highest BCUT2D eigenvalue weighted by atomic mass is 35.5. The lowest BCUT2D eigenvalue weighted by molar-refractivity contribution is 0.145. The summed E-state index contributed by atoms with van der Waals surface area (Å²) < 4.78 is 25.7. The number of hydrogen-bond donors (Lipinski definition) is 4. The van der Waals surface area contributed by atoms with Crippen molar-refractivity contribution in [3.63, 3.8) is 0 Å². The smallest absolute Gasteiger partial charge is 0.231 e. The molecule has 0 spiro atoms. The van der Waals surface area contributed by atoms with Gasteiger partial charge in [0.2, 0.25) is 5.95 Å². The number of nitrogens with two attached hydrogens (primary N) is 1. The summed E-state index contributed by atoms with van der Waals surface area (Å²) in [6, 6.07) is 12.6. The van der Waals surface area contributed by atoms with Crippen molar-refractivity contribution in [1.29, 1.82) is 0 Å². The van der Waals surface area contributed by atoms with Gasteiger partial charge < -0.3 is 26.4 Å². The maximum Gasteiger partial charge on any atom is 0.231 e. The standard InChI is InChI=1S/C25H31ClN6O3S/c1-15(2)36(34,35)21-7-5-4-6-20(21)28-24-22(26)23(27)30-25(31-24)29-19-9-8-17(14-16(19)3)32-12-10-18(33)11-13-32/h4-9,14-15,18,33H,10-13H2,1-3H3,(H4,27,28,29,30,31). The maximum atomic E-state index is 12.8. The highest BCUT2D eigenvalue weighted by molar-refractivity contribution is 7.92. The normalized spacial score (nSPS) is 14.8. The first kappa shape index (κ1) is 26.0. The van der Waals surface area contributed by atoms with E-state index in [1.54, 1.807) is 38.1 Å². The lowest BCUT2D eigenvalue weighted by Crippen LogP contribution is -2.35. The summed E-state index contributed by atoms with van der Waals surface area (Å²) in [6.45, 7) is 6.87. The molecular formula is C25H31ClN6O3S. The lowest BCUT2D eigenvalue weighted by atomic mass is 10.1. The summed E-state index contributed by atoms with van der Waals surface area (Å²) in [6.07, 6.45) is 1.29. The number of anilines is 6. The van der Waals surface area contributed by atoms with Gasteiger partial charge >= 0.3 is 0 Å². The zero-order valence-electron chi connectivity index (χ0n) is 20.5. The van der Waals surface area contributed by atoms with Crippen LogP contribution in [0, 0.1) is 6.92 Å². The van der Waals surface area contributed by atoms with Gasteiger partial charge in [0.05, 0.1) is 21.9 Å². The summed E-state index contributed by atoms with van der Waals surface area (Å²) in [5, 5.41) is 15.5. The van der Waals surface area contributed by atoms with Crippen LogP contribution >= 0.6 is 11.6 Å². The van der Waals surface area contributed by atoms with E-state index in [0.29, 0.717) is 5.69 Å². The van der Waals surface area contributed by atoms with Crippen molar-refractivity contribution < 1.29 is 13.5 Å². The van der Waals surface area contributed by atoms with Gasteiger partial charge in [-0.2, -0.15) is 9.97 Å². The molecule has 4 rings (SSSR count). The molecule has 0 unspecified atom stereocenters. The molecule has 1 aliphatic rings. The zero-order chi connectivity index (χ0) is 26.0. The van der Waals surface area contributed by atoms with E-state index < -0.39 is 15.1 Å². The number of benzene rings is 2. The molecule has 1 fully saturated rings. The molecule has 0 bridgehead atoms. The van der Waals surface area contributed by atoms with Crippen LogP contribution in [0.25, 0.3) is 0 Å². The molecular weight excluding hydrogens is 500 g/mol. The highest BCUT2D eigenvalue weighted by Gasteiger charge is 2.24. The first-order valence-electron chi connectivity index (χ1n) is 11.8. The van der Waals surface area contributed by atoms with Gasteiger partial charge in [-0.3, -0.25) is 0 Å². The van der Waals surface area contributed by atoms with Crippen molar-refractivity contribution in [3.8, 4) is 0 Å². The molecule has 3 aromatic rings. The van der Waals surface area contributed by atoms with Crippen molar-refractivity contribution in [2.75, 3.05) is 34.4 Å². The molecule has 0 atom stereocenters. The number of nitrogens with zero attached hydrogens (tertiary/aromatic N) is 3. The average molecular weight is 531 g/mol. The van der Waals surface area contributed by atoms with E-state index in [9.17, 15) is 13.5 Å². The van der Waals surface area contributed by atoms with Crippen LogP contribution in [0.2, 0.25) is 5.02 Å². The first-order valence-corrected chi connectivity index (χ1v) is 13.7. The zero-order valence-corrected chi connectivity index (χ0v) is 22.1. The Morgan fingerprint density at radius 3 is 2.44 bits per heavy atom. The molecule has 2 aromatic carbocycles. The van der Waals surface area contributed by atoms with Crippen molar-refractivity contribution in [2.45, 2.75) is 49.9 Å². The Labute approximate surface area is 216 Å². The third kappa shape index (κ3) is 5.50. The molecule has 0 amide bonds. The topological polar surface area (TPSA) is 133 Å². The van der Waals surface area contributed by atoms with Gasteiger partial charge in [0.15, 0.2) is 15.7 Å². The van der Waals surface area contributed by atoms with Gasteiger partial charge in [-0.1, -0.05) is 23.7 Å². The maximum absolute atomic E-state index is 12.8. The third-order valence-corrected chi connectivity index (χ3v) is 8.81. The SMILES string of the molecule is Cc1cc(N2CCC(O)CC2)ccc1Nc1nc(N)c(Cl)c(Nc2ccccc2S(=O)(=O)C(C)C)n1. The number of piperidine rings is 1. The summed E-state index contributed by atoms with van der Waals surface area (Å²) >= 11 is 6.38. The molecule has 0 aliphatic carbocycles. The number of rotatable bonds is 7. The van der Waals surface area contributed by atoms with Crippen LogP contribution < -0.4 is 21.3 Å². The molecule has 1 aliphatic heterocycles. The van der Waals surface area contributed by atoms with Gasteiger partial charge in [-0.25, -0.2) is 8.42 Å². The quantitative estimate of drug-likeness (QED) is 0.344. The number of aliphatic hydroxyl groups excluding tert-OH is 1. The minimum atomic E-state index is -3.55.